The van der Waals surface area contributed by atoms with E-state index in [1.54, 1.807) is 0 Å². The van der Waals surface area contributed by atoms with E-state index < -0.39 is 0 Å². The third kappa shape index (κ3) is 4.81. The number of rotatable bonds is 7. The number of benzene rings is 1. The lowest BCUT2D eigenvalue weighted by molar-refractivity contribution is 0.462. The van der Waals surface area contributed by atoms with Crippen molar-refractivity contribution in [3.05, 3.63) is 34.3 Å². The van der Waals surface area contributed by atoms with Crippen molar-refractivity contribution < 1.29 is 0 Å². The van der Waals surface area contributed by atoms with Gasteiger partial charge in [-0.25, -0.2) is 0 Å². The van der Waals surface area contributed by atoms with E-state index in [1.807, 2.05) is 0 Å². The maximum absolute atomic E-state index is 3.62. The van der Waals surface area contributed by atoms with Gasteiger partial charge in [0.1, 0.15) is 0 Å². The number of hydrogen-bond donors (Lipinski definition) is 1. The number of nitrogens with one attached hydrogen (secondary N) is 1. The first-order valence-corrected chi connectivity index (χ1v) is 7.55. The van der Waals surface area contributed by atoms with E-state index in [1.165, 1.54) is 35.7 Å². The highest BCUT2D eigenvalue weighted by atomic mass is 79.9. The minimum atomic E-state index is 0.648. The summed E-state index contributed by atoms with van der Waals surface area (Å²) in [6.07, 6.45) is 6.82. The first-order valence-electron chi connectivity index (χ1n) is 6.75. The van der Waals surface area contributed by atoms with Gasteiger partial charge in [-0.2, -0.15) is 0 Å². The van der Waals surface area contributed by atoms with E-state index in [2.05, 4.69) is 52.4 Å². The van der Waals surface area contributed by atoms with Gasteiger partial charge in [-0.1, -0.05) is 47.8 Å². The van der Waals surface area contributed by atoms with Crippen LogP contribution in [0.4, 0.5) is 0 Å². The molecule has 1 aliphatic carbocycles. The average molecular weight is 296 g/mol. The van der Waals surface area contributed by atoms with Gasteiger partial charge in [0.05, 0.1) is 0 Å². The fourth-order valence-corrected chi connectivity index (χ4v) is 2.80. The molecular formula is C15H22BrN. The van der Waals surface area contributed by atoms with Crippen molar-refractivity contribution >= 4 is 15.9 Å². The summed E-state index contributed by atoms with van der Waals surface area (Å²) in [5.74, 6) is 1.04. The lowest BCUT2D eigenvalue weighted by Gasteiger charge is -2.18. The van der Waals surface area contributed by atoms with E-state index in [0.717, 1.165) is 18.9 Å². The monoisotopic (exact) mass is 295 g/mol. The van der Waals surface area contributed by atoms with Gasteiger partial charge in [-0.15, -0.1) is 0 Å². The molecule has 0 aliphatic heterocycles. The molecule has 0 radical (unpaired) electrons. The summed E-state index contributed by atoms with van der Waals surface area (Å²) in [6, 6.07) is 9.34. The molecule has 0 amide bonds. The number of hydrogen-bond acceptors (Lipinski definition) is 1. The van der Waals surface area contributed by atoms with Gasteiger partial charge in [-0.05, 0) is 49.4 Å². The van der Waals surface area contributed by atoms with Gasteiger partial charge in [0, 0.05) is 10.5 Å². The summed E-state index contributed by atoms with van der Waals surface area (Å²) in [6.45, 7) is 3.27. The Morgan fingerprint density at radius 2 is 2.24 bits per heavy atom. The molecule has 1 fully saturated rings. The number of halogens is 1. The second-order valence-electron chi connectivity index (χ2n) is 5.11. The van der Waals surface area contributed by atoms with Crippen LogP contribution in [0.1, 0.15) is 38.2 Å². The minimum Gasteiger partial charge on any atom is -0.314 e. The molecule has 0 spiro atoms. The Bertz CT molecular complexity index is 347. The second kappa shape index (κ2) is 6.55. The van der Waals surface area contributed by atoms with Crippen LogP contribution in [0, 0.1) is 5.92 Å². The maximum Gasteiger partial charge on any atom is 0.0178 e. The van der Waals surface area contributed by atoms with Crippen LogP contribution in [0.5, 0.6) is 0 Å². The molecule has 0 heterocycles. The van der Waals surface area contributed by atoms with Crippen molar-refractivity contribution in [1.29, 1.82) is 0 Å². The highest BCUT2D eigenvalue weighted by molar-refractivity contribution is 9.10. The lowest BCUT2D eigenvalue weighted by atomic mass is 10.0. The van der Waals surface area contributed by atoms with Gasteiger partial charge < -0.3 is 5.32 Å². The van der Waals surface area contributed by atoms with Crippen LogP contribution < -0.4 is 5.32 Å². The van der Waals surface area contributed by atoms with Gasteiger partial charge in [0.25, 0.3) is 0 Å². The fraction of sp³-hybridized carbons (Fsp3) is 0.600. The van der Waals surface area contributed by atoms with Crippen molar-refractivity contribution in [2.75, 3.05) is 6.54 Å². The lowest BCUT2D eigenvalue weighted by Crippen LogP contribution is -2.31. The standard InChI is InChI=1S/C15H22BrN/c1-2-17-15(9-8-12-6-7-12)11-13-4-3-5-14(16)10-13/h3-5,10,12,15,17H,2,6-9,11H2,1H3. The molecule has 1 nitrogen and oxygen atoms in total. The SMILES string of the molecule is CCNC(CCC1CC1)Cc1cccc(Br)c1. The smallest absolute Gasteiger partial charge is 0.0178 e. The average Bonchev–Trinajstić information content (AvgIpc) is 3.10. The Morgan fingerprint density at radius 3 is 2.88 bits per heavy atom. The van der Waals surface area contributed by atoms with Gasteiger partial charge in [0.2, 0.25) is 0 Å². The van der Waals surface area contributed by atoms with E-state index in [0.29, 0.717) is 6.04 Å². The van der Waals surface area contributed by atoms with Crippen molar-refractivity contribution in [3.63, 3.8) is 0 Å². The van der Waals surface area contributed by atoms with Crippen LogP contribution in [0.2, 0.25) is 0 Å². The summed E-state index contributed by atoms with van der Waals surface area (Å²) in [5, 5.41) is 3.62. The Labute approximate surface area is 113 Å². The Balaban J connectivity index is 1.86. The van der Waals surface area contributed by atoms with Gasteiger partial charge in [-0.3, -0.25) is 0 Å². The Kier molecular flexibility index (Phi) is 5.05. The van der Waals surface area contributed by atoms with Crippen molar-refractivity contribution in [2.45, 2.75) is 45.1 Å². The zero-order valence-corrected chi connectivity index (χ0v) is 12.2. The molecular weight excluding hydrogens is 274 g/mol. The predicted octanol–water partition coefficient (Wildman–Crippen LogP) is 4.16. The van der Waals surface area contributed by atoms with Crippen LogP contribution in [-0.4, -0.2) is 12.6 Å². The summed E-state index contributed by atoms with van der Waals surface area (Å²) in [5.41, 5.74) is 1.43. The van der Waals surface area contributed by atoms with Crippen molar-refractivity contribution in [2.24, 2.45) is 5.92 Å². The summed E-state index contributed by atoms with van der Waals surface area (Å²) in [7, 11) is 0. The minimum absolute atomic E-state index is 0.648. The van der Waals surface area contributed by atoms with Gasteiger partial charge in [0.15, 0.2) is 0 Å². The van der Waals surface area contributed by atoms with Crippen molar-refractivity contribution in [3.8, 4) is 0 Å². The summed E-state index contributed by atoms with van der Waals surface area (Å²) < 4.78 is 1.19. The molecule has 2 rings (SSSR count). The molecule has 1 aliphatic rings. The van der Waals surface area contributed by atoms with Crippen LogP contribution in [0.15, 0.2) is 28.7 Å². The highest BCUT2D eigenvalue weighted by Gasteiger charge is 2.22. The molecule has 17 heavy (non-hydrogen) atoms. The predicted molar refractivity (Wildman–Crippen MR) is 77.3 cm³/mol. The number of likely N-dealkylation sites (N-methyl/N-ethyl adjacent to an activating group) is 1. The molecule has 1 N–H and O–H groups in total. The zero-order valence-electron chi connectivity index (χ0n) is 10.6. The third-order valence-corrected chi connectivity index (χ3v) is 3.98. The molecule has 0 bridgehead atoms. The summed E-state index contributed by atoms with van der Waals surface area (Å²) >= 11 is 3.54. The molecule has 1 unspecified atom stereocenters. The summed E-state index contributed by atoms with van der Waals surface area (Å²) in [4.78, 5) is 0. The van der Waals surface area contributed by atoms with E-state index >= 15 is 0 Å². The molecule has 94 valence electrons. The maximum atomic E-state index is 3.62. The van der Waals surface area contributed by atoms with Crippen LogP contribution >= 0.6 is 15.9 Å². The van der Waals surface area contributed by atoms with Crippen molar-refractivity contribution in [1.82, 2.24) is 5.32 Å². The first-order chi connectivity index (χ1) is 8.28. The van der Waals surface area contributed by atoms with E-state index in [9.17, 15) is 0 Å². The Morgan fingerprint density at radius 1 is 1.41 bits per heavy atom. The van der Waals surface area contributed by atoms with Crippen LogP contribution in [0.3, 0.4) is 0 Å². The molecule has 1 atom stereocenters. The fourth-order valence-electron chi connectivity index (χ4n) is 2.36. The quantitative estimate of drug-likeness (QED) is 0.796. The molecule has 0 aromatic heterocycles. The third-order valence-electron chi connectivity index (χ3n) is 3.48. The zero-order chi connectivity index (χ0) is 12.1. The normalized spacial score (nSPS) is 17.1. The van der Waals surface area contributed by atoms with Crippen LogP contribution in [-0.2, 0) is 6.42 Å². The van der Waals surface area contributed by atoms with E-state index in [4.69, 9.17) is 0 Å². The van der Waals surface area contributed by atoms with Crippen LogP contribution in [0.25, 0.3) is 0 Å². The molecule has 1 aromatic carbocycles. The molecule has 1 aromatic rings. The topological polar surface area (TPSA) is 12.0 Å². The van der Waals surface area contributed by atoms with E-state index in [-0.39, 0.29) is 0 Å². The molecule has 1 saturated carbocycles. The second-order valence-corrected chi connectivity index (χ2v) is 6.03. The highest BCUT2D eigenvalue weighted by Crippen LogP contribution is 2.34. The molecule has 2 heteroatoms. The van der Waals surface area contributed by atoms with Gasteiger partial charge >= 0.3 is 0 Å². The Hall–Kier alpha value is -0.340. The largest absolute Gasteiger partial charge is 0.314 e. The first kappa shape index (κ1) is 13.1. The molecule has 0 saturated heterocycles.